The summed E-state index contributed by atoms with van der Waals surface area (Å²) in [5.41, 5.74) is 1.10. The molecule has 0 bridgehead atoms. The molecular formula is C19H18F4N2O3S. The van der Waals surface area contributed by atoms with Gasteiger partial charge in [-0.05, 0) is 44.0 Å². The Balaban J connectivity index is 2.28. The van der Waals surface area contributed by atoms with E-state index in [4.69, 9.17) is 10.00 Å². The van der Waals surface area contributed by atoms with Crippen molar-refractivity contribution < 1.29 is 30.7 Å². The summed E-state index contributed by atoms with van der Waals surface area (Å²) in [6.45, 7) is 3.62. The van der Waals surface area contributed by atoms with E-state index in [1.807, 2.05) is 0 Å². The first-order valence-electron chi connectivity index (χ1n) is 8.34. The van der Waals surface area contributed by atoms with Gasteiger partial charge in [0, 0.05) is 6.07 Å². The Morgan fingerprint density at radius 1 is 1.14 bits per heavy atom. The average molecular weight is 430 g/mol. The monoisotopic (exact) mass is 430 g/mol. The predicted octanol–water partition coefficient (Wildman–Crippen LogP) is 3.91. The molecule has 156 valence electrons. The van der Waals surface area contributed by atoms with Crippen LogP contribution in [0.15, 0.2) is 35.2 Å². The number of halogens is 4. The van der Waals surface area contributed by atoms with Gasteiger partial charge in [0.1, 0.15) is 24.2 Å². The Morgan fingerprint density at radius 2 is 1.72 bits per heavy atom. The molecule has 0 aromatic heterocycles. The molecule has 0 aliphatic rings. The molecule has 10 heteroatoms. The van der Waals surface area contributed by atoms with Gasteiger partial charge in [-0.1, -0.05) is 17.7 Å². The molecule has 0 aliphatic heterocycles. The van der Waals surface area contributed by atoms with Crippen molar-refractivity contribution in [1.82, 2.24) is 4.72 Å². The fraction of sp³-hybridized carbons (Fsp3) is 0.316. The van der Waals surface area contributed by atoms with Crippen LogP contribution in [0.25, 0.3) is 0 Å². The number of hydrogen-bond acceptors (Lipinski definition) is 4. The van der Waals surface area contributed by atoms with Gasteiger partial charge in [0.2, 0.25) is 10.0 Å². The fourth-order valence-electron chi connectivity index (χ4n) is 2.89. The Kier molecular flexibility index (Phi) is 6.55. The number of aryl methyl sites for hydroxylation is 3. The molecule has 5 nitrogen and oxygen atoms in total. The van der Waals surface area contributed by atoms with Crippen LogP contribution < -0.4 is 9.46 Å². The molecule has 0 heterocycles. The predicted molar refractivity (Wildman–Crippen MR) is 97.4 cm³/mol. The molecule has 1 atom stereocenters. The Labute approximate surface area is 166 Å². The second kappa shape index (κ2) is 8.39. The van der Waals surface area contributed by atoms with Crippen molar-refractivity contribution >= 4 is 10.0 Å². The summed E-state index contributed by atoms with van der Waals surface area (Å²) in [7, 11) is -4.51. The van der Waals surface area contributed by atoms with Crippen LogP contribution in [0.3, 0.4) is 0 Å². The van der Waals surface area contributed by atoms with E-state index in [2.05, 4.69) is 0 Å². The van der Waals surface area contributed by atoms with Crippen molar-refractivity contribution in [1.29, 1.82) is 5.26 Å². The minimum Gasteiger partial charge on any atom is -0.491 e. The van der Waals surface area contributed by atoms with Crippen molar-refractivity contribution in [2.24, 2.45) is 0 Å². The van der Waals surface area contributed by atoms with E-state index in [0.29, 0.717) is 11.1 Å². The molecule has 2 aromatic carbocycles. The van der Waals surface area contributed by atoms with Gasteiger partial charge in [-0.25, -0.2) is 12.8 Å². The third kappa shape index (κ3) is 5.46. The number of nitrogens with one attached hydrogen (secondary N) is 1. The summed E-state index contributed by atoms with van der Waals surface area (Å²) >= 11 is 0. The zero-order valence-corrected chi connectivity index (χ0v) is 16.6. The Bertz CT molecular complexity index is 1040. The van der Waals surface area contributed by atoms with Crippen molar-refractivity contribution in [3.8, 4) is 11.8 Å². The number of sulfonamides is 1. The highest BCUT2D eigenvalue weighted by Crippen LogP contribution is 2.27. The molecule has 1 N–H and O–H groups in total. The highest BCUT2D eigenvalue weighted by Gasteiger charge is 2.43. The van der Waals surface area contributed by atoms with Gasteiger partial charge in [0.05, 0.1) is 10.5 Å². The topological polar surface area (TPSA) is 79.2 Å². The van der Waals surface area contributed by atoms with Crippen LogP contribution in [0.1, 0.15) is 22.3 Å². The van der Waals surface area contributed by atoms with Gasteiger partial charge in [-0.2, -0.15) is 23.2 Å². The van der Waals surface area contributed by atoms with Gasteiger partial charge < -0.3 is 4.74 Å². The van der Waals surface area contributed by atoms with E-state index < -0.39 is 34.7 Å². The molecule has 2 aromatic rings. The van der Waals surface area contributed by atoms with Crippen molar-refractivity contribution in [2.75, 3.05) is 6.61 Å². The molecular weight excluding hydrogens is 412 g/mol. The largest absolute Gasteiger partial charge is 0.491 e. The van der Waals surface area contributed by atoms with E-state index >= 15 is 0 Å². The lowest BCUT2D eigenvalue weighted by Gasteiger charge is -2.23. The molecule has 0 aliphatic carbocycles. The zero-order chi connectivity index (χ0) is 22.0. The summed E-state index contributed by atoms with van der Waals surface area (Å²) in [5.74, 6) is -1.22. The van der Waals surface area contributed by atoms with Crippen LogP contribution in [-0.4, -0.2) is 27.2 Å². The maximum absolute atomic E-state index is 13.6. The summed E-state index contributed by atoms with van der Waals surface area (Å²) < 4.78 is 85.6. The van der Waals surface area contributed by atoms with Crippen LogP contribution in [-0.2, 0) is 10.0 Å². The van der Waals surface area contributed by atoms with Crippen LogP contribution in [0.2, 0.25) is 0 Å². The average Bonchev–Trinajstić information content (AvgIpc) is 2.56. The van der Waals surface area contributed by atoms with Crippen LogP contribution in [0, 0.1) is 37.9 Å². The summed E-state index contributed by atoms with van der Waals surface area (Å²) in [6, 6.07) is 5.05. The first kappa shape index (κ1) is 22.6. The summed E-state index contributed by atoms with van der Waals surface area (Å²) in [6.07, 6.45) is -4.95. The molecule has 0 saturated carbocycles. The van der Waals surface area contributed by atoms with Crippen molar-refractivity contribution in [2.45, 2.75) is 37.9 Å². The van der Waals surface area contributed by atoms with Gasteiger partial charge in [-0.15, -0.1) is 0 Å². The molecule has 1 unspecified atom stereocenters. The molecule has 2 rings (SSSR count). The number of rotatable bonds is 6. The highest BCUT2D eigenvalue weighted by molar-refractivity contribution is 7.89. The number of hydrogen-bond donors (Lipinski definition) is 1. The number of alkyl halides is 3. The van der Waals surface area contributed by atoms with Gasteiger partial charge >= 0.3 is 6.18 Å². The molecule has 29 heavy (non-hydrogen) atoms. The Morgan fingerprint density at radius 3 is 2.21 bits per heavy atom. The highest BCUT2D eigenvalue weighted by atomic mass is 32.2. The van der Waals surface area contributed by atoms with E-state index in [1.54, 1.807) is 29.8 Å². The lowest BCUT2D eigenvalue weighted by Crippen LogP contribution is -2.49. The van der Waals surface area contributed by atoms with Crippen molar-refractivity contribution in [3.63, 3.8) is 0 Å². The fourth-order valence-corrected chi connectivity index (χ4v) is 4.55. The van der Waals surface area contributed by atoms with Crippen LogP contribution >= 0.6 is 0 Å². The molecule has 0 fully saturated rings. The lowest BCUT2D eigenvalue weighted by atomic mass is 10.1. The normalized spacial score (nSPS) is 13.0. The third-order valence-electron chi connectivity index (χ3n) is 4.04. The number of nitrogens with zero attached hydrogens (tertiary/aromatic N) is 1. The second-order valence-corrected chi connectivity index (χ2v) is 8.16. The first-order chi connectivity index (χ1) is 13.3. The van der Waals surface area contributed by atoms with Crippen molar-refractivity contribution in [3.05, 3.63) is 58.4 Å². The maximum atomic E-state index is 13.6. The second-order valence-electron chi connectivity index (χ2n) is 6.51. The summed E-state index contributed by atoms with van der Waals surface area (Å²) in [4.78, 5) is -0.234. The van der Waals surface area contributed by atoms with Gasteiger partial charge in [-0.3, -0.25) is 0 Å². The Hall–Kier alpha value is -2.64. The number of benzene rings is 2. The minimum atomic E-state index is -4.95. The number of nitriles is 1. The smallest absolute Gasteiger partial charge is 0.408 e. The van der Waals surface area contributed by atoms with Crippen LogP contribution in [0.4, 0.5) is 17.6 Å². The number of ether oxygens (including phenoxy) is 1. The third-order valence-corrected chi connectivity index (χ3v) is 5.82. The summed E-state index contributed by atoms with van der Waals surface area (Å²) in [5, 5.41) is 8.68. The standard InChI is InChI=1S/C19H18F4N2O3S/c1-11-6-12(2)18(13(3)7-11)29(26,27)25-17(19(21,22)23)10-28-15-5-4-14(9-24)16(20)8-15/h4-8,17,25H,10H2,1-3H3. The minimum absolute atomic E-state index is 0.234. The molecule has 0 radical (unpaired) electrons. The van der Waals surface area contributed by atoms with E-state index in [-0.39, 0.29) is 16.2 Å². The molecule has 0 saturated heterocycles. The molecule has 0 spiro atoms. The van der Waals surface area contributed by atoms with E-state index in [9.17, 15) is 26.0 Å². The SMILES string of the molecule is Cc1cc(C)c(S(=O)(=O)NC(COc2ccc(C#N)c(F)c2)C(F)(F)F)c(C)c1. The quantitative estimate of drug-likeness (QED) is 0.705. The molecule has 0 amide bonds. The van der Waals surface area contributed by atoms with E-state index in [1.165, 1.54) is 13.8 Å². The first-order valence-corrected chi connectivity index (χ1v) is 9.83. The lowest BCUT2D eigenvalue weighted by molar-refractivity contribution is -0.157. The van der Waals surface area contributed by atoms with Gasteiger partial charge in [0.15, 0.2) is 6.04 Å². The maximum Gasteiger partial charge on any atom is 0.408 e. The zero-order valence-electron chi connectivity index (χ0n) is 15.8. The van der Waals surface area contributed by atoms with E-state index in [0.717, 1.165) is 23.8 Å². The van der Waals surface area contributed by atoms with Crippen LogP contribution in [0.5, 0.6) is 5.75 Å². The van der Waals surface area contributed by atoms with Gasteiger partial charge in [0.25, 0.3) is 0 Å².